The second kappa shape index (κ2) is 7.98. The number of furan rings is 1. The molecule has 1 saturated carbocycles. The van der Waals surface area contributed by atoms with Gasteiger partial charge in [-0.3, -0.25) is 4.79 Å². The minimum absolute atomic E-state index is 0.143. The number of thioether (sulfide) groups is 1. The van der Waals surface area contributed by atoms with E-state index in [-0.39, 0.29) is 17.7 Å². The average molecular weight is 424 g/mol. The summed E-state index contributed by atoms with van der Waals surface area (Å²) in [5, 5.41) is 14.6. The van der Waals surface area contributed by atoms with Gasteiger partial charge in [0.2, 0.25) is 5.89 Å². The van der Waals surface area contributed by atoms with E-state index in [0.29, 0.717) is 29.2 Å². The van der Waals surface area contributed by atoms with Crippen LogP contribution in [0, 0.1) is 0 Å². The number of rotatable bonds is 7. The summed E-state index contributed by atoms with van der Waals surface area (Å²) in [6.45, 7) is 0. The maximum atomic E-state index is 13.0. The molecule has 2 aromatic heterocycles. The molecule has 0 radical (unpaired) electrons. The van der Waals surface area contributed by atoms with E-state index in [1.807, 2.05) is 36.4 Å². The van der Waals surface area contributed by atoms with Crippen molar-refractivity contribution >= 4 is 23.4 Å². The van der Waals surface area contributed by atoms with Gasteiger partial charge in [-0.25, -0.2) is 5.01 Å². The van der Waals surface area contributed by atoms with Crippen LogP contribution >= 0.6 is 11.8 Å². The highest BCUT2D eigenvalue weighted by Gasteiger charge is 2.35. The fraction of sp³-hybridized carbons (Fsp3) is 0.333. The van der Waals surface area contributed by atoms with E-state index in [2.05, 4.69) is 15.3 Å². The fourth-order valence-corrected chi connectivity index (χ4v) is 3.99. The summed E-state index contributed by atoms with van der Waals surface area (Å²) in [6.07, 6.45) is 4.36. The highest BCUT2D eigenvalue weighted by Crippen LogP contribution is 2.40. The van der Waals surface area contributed by atoms with Gasteiger partial charge in [0.1, 0.15) is 17.6 Å². The summed E-state index contributed by atoms with van der Waals surface area (Å²) < 4.78 is 16.4. The normalized spacial score (nSPS) is 18.5. The van der Waals surface area contributed by atoms with E-state index in [9.17, 15) is 4.79 Å². The highest BCUT2D eigenvalue weighted by atomic mass is 32.2. The lowest BCUT2D eigenvalue weighted by molar-refractivity contribution is -0.130. The Morgan fingerprint density at radius 3 is 2.77 bits per heavy atom. The molecule has 154 valence electrons. The van der Waals surface area contributed by atoms with Crippen molar-refractivity contribution in [2.75, 3.05) is 12.9 Å². The van der Waals surface area contributed by atoms with Crippen molar-refractivity contribution in [3.63, 3.8) is 0 Å². The van der Waals surface area contributed by atoms with E-state index < -0.39 is 0 Å². The van der Waals surface area contributed by atoms with Crippen LogP contribution in [-0.2, 0) is 4.79 Å². The molecule has 8 nitrogen and oxygen atoms in total. The van der Waals surface area contributed by atoms with Crippen LogP contribution in [0.3, 0.4) is 0 Å². The summed E-state index contributed by atoms with van der Waals surface area (Å²) in [5.74, 6) is 2.54. The maximum Gasteiger partial charge on any atom is 0.277 e. The van der Waals surface area contributed by atoms with E-state index in [1.165, 1.54) is 16.8 Å². The predicted octanol–water partition coefficient (Wildman–Crippen LogP) is 4.02. The van der Waals surface area contributed by atoms with Crippen molar-refractivity contribution < 1.29 is 18.4 Å². The zero-order valence-corrected chi connectivity index (χ0v) is 17.2. The molecule has 30 heavy (non-hydrogen) atoms. The molecule has 1 amide bonds. The Morgan fingerprint density at radius 2 is 2.07 bits per heavy atom. The molecule has 3 heterocycles. The van der Waals surface area contributed by atoms with Gasteiger partial charge in [0.25, 0.3) is 11.1 Å². The van der Waals surface area contributed by atoms with Crippen LogP contribution < -0.4 is 4.74 Å². The Kier molecular flexibility index (Phi) is 5.04. The molecule has 5 rings (SSSR count). The SMILES string of the molecule is COc1ccc(C2=NN(C(=O)CSc3nnc(C4CC4)o3)[C@H](c3ccco3)C2)cc1. The number of aromatic nitrogens is 2. The van der Waals surface area contributed by atoms with E-state index in [0.717, 1.165) is 29.9 Å². The first kappa shape index (κ1) is 18.9. The maximum absolute atomic E-state index is 13.0. The lowest BCUT2D eigenvalue weighted by Crippen LogP contribution is -2.28. The number of carbonyl (C=O) groups excluding carboxylic acids is 1. The predicted molar refractivity (Wildman–Crippen MR) is 109 cm³/mol. The second-order valence-corrected chi connectivity index (χ2v) is 8.14. The number of benzene rings is 1. The van der Waals surface area contributed by atoms with Crippen molar-refractivity contribution in [3.8, 4) is 5.75 Å². The molecule has 0 saturated heterocycles. The molecule has 1 fully saturated rings. The van der Waals surface area contributed by atoms with Crippen LogP contribution in [0.5, 0.6) is 5.75 Å². The van der Waals surface area contributed by atoms with E-state index >= 15 is 0 Å². The van der Waals surface area contributed by atoms with Crippen molar-refractivity contribution in [3.05, 3.63) is 59.9 Å². The second-order valence-electron chi connectivity index (χ2n) is 7.22. The van der Waals surface area contributed by atoms with E-state index in [4.69, 9.17) is 13.6 Å². The van der Waals surface area contributed by atoms with E-state index in [1.54, 1.807) is 13.4 Å². The first-order valence-corrected chi connectivity index (χ1v) is 10.7. The Hall–Kier alpha value is -3.07. The minimum Gasteiger partial charge on any atom is -0.497 e. The molecule has 2 aliphatic rings. The molecule has 3 aromatic rings. The number of hydrazone groups is 1. The van der Waals surface area contributed by atoms with Crippen molar-refractivity contribution in [1.29, 1.82) is 0 Å². The third-order valence-electron chi connectivity index (χ3n) is 5.13. The van der Waals surface area contributed by atoms with Gasteiger partial charge in [0.05, 0.1) is 24.8 Å². The van der Waals surface area contributed by atoms with Gasteiger partial charge >= 0.3 is 0 Å². The molecule has 0 N–H and O–H groups in total. The molecule has 1 aromatic carbocycles. The molecule has 1 aliphatic heterocycles. The summed E-state index contributed by atoms with van der Waals surface area (Å²) in [7, 11) is 1.63. The summed E-state index contributed by atoms with van der Waals surface area (Å²) >= 11 is 1.23. The van der Waals surface area contributed by atoms with Gasteiger partial charge in [0.15, 0.2) is 0 Å². The van der Waals surface area contributed by atoms with Gasteiger partial charge in [-0.1, -0.05) is 11.8 Å². The van der Waals surface area contributed by atoms with Crippen LogP contribution in [0.1, 0.15) is 48.4 Å². The Bertz CT molecular complexity index is 1060. The standard InChI is InChI=1S/C21H20N4O4S/c1-27-15-8-6-13(7-9-15)16-11-17(18-3-2-10-28-18)25(24-16)19(26)12-30-21-23-22-20(29-21)14-4-5-14/h2-3,6-10,14,17H,4-5,11-12H2,1H3/t17-/m0/s1. The minimum atomic E-state index is -0.282. The Morgan fingerprint density at radius 1 is 1.23 bits per heavy atom. The van der Waals surface area contributed by atoms with Crippen molar-refractivity contribution in [2.45, 2.75) is 36.4 Å². The average Bonchev–Trinajstić information content (AvgIpc) is 3.18. The van der Waals surface area contributed by atoms with Crippen LogP contribution in [0.25, 0.3) is 0 Å². The Balaban J connectivity index is 1.33. The number of hydrogen-bond donors (Lipinski definition) is 0. The molecule has 9 heteroatoms. The molecule has 0 bridgehead atoms. The fourth-order valence-electron chi connectivity index (χ4n) is 3.36. The number of amides is 1. The van der Waals surface area contributed by atoms with Crippen LogP contribution in [0.2, 0.25) is 0 Å². The number of carbonyl (C=O) groups is 1. The molecule has 0 spiro atoms. The first-order chi connectivity index (χ1) is 14.7. The van der Waals surface area contributed by atoms with Gasteiger partial charge in [-0.15, -0.1) is 10.2 Å². The third kappa shape index (κ3) is 3.85. The van der Waals surface area contributed by atoms with Crippen molar-refractivity contribution in [1.82, 2.24) is 15.2 Å². The molecule has 1 aliphatic carbocycles. The summed E-state index contributed by atoms with van der Waals surface area (Å²) in [5.41, 5.74) is 1.77. The number of nitrogens with zero attached hydrogens (tertiary/aromatic N) is 4. The van der Waals surface area contributed by atoms with Gasteiger partial charge in [-0.05, 0) is 54.8 Å². The number of ether oxygens (including phenoxy) is 1. The van der Waals surface area contributed by atoms with Crippen LogP contribution in [0.15, 0.2) is 61.8 Å². The first-order valence-electron chi connectivity index (χ1n) is 9.75. The molecule has 1 atom stereocenters. The lowest BCUT2D eigenvalue weighted by atomic mass is 10.0. The van der Waals surface area contributed by atoms with Crippen molar-refractivity contribution in [2.24, 2.45) is 5.10 Å². The Labute approximate surface area is 177 Å². The van der Waals surface area contributed by atoms with Crippen LogP contribution in [-0.4, -0.2) is 39.7 Å². The number of methoxy groups -OCH3 is 1. The third-order valence-corrected chi connectivity index (χ3v) is 5.93. The van der Waals surface area contributed by atoms with Gasteiger partial charge in [0, 0.05) is 12.3 Å². The molecule has 0 unspecified atom stereocenters. The monoisotopic (exact) mass is 424 g/mol. The summed E-state index contributed by atoms with van der Waals surface area (Å²) in [6, 6.07) is 11.0. The smallest absolute Gasteiger partial charge is 0.277 e. The molecular weight excluding hydrogens is 404 g/mol. The zero-order chi connectivity index (χ0) is 20.5. The quantitative estimate of drug-likeness (QED) is 0.529. The lowest BCUT2D eigenvalue weighted by Gasteiger charge is -2.19. The molecular formula is C21H20N4O4S. The summed E-state index contributed by atoms with van der Waals surface area (Å²) in [4.78, 5) is 13.0. The topological polar surface area (TPSA) is 94.0 Å². The van der Waals surface area contributed by atoms with Gasteiger partial charge < -0.3 is 13.6 Å². The number of hydrogen-bond acceptors (Lipinski definition) is 8. The highest BCUT2D eigenvalue weighted by molar-refractivity contribution is 7.99. The van der Waals surface area contributed by atoms with Crippen LogP contribution in [0.4, 0.5) is 0 Å². The largest absolute Gasteiger partial charge is 0.497 e. The van der Waals surface area contributed by atoms with Gasteiger partial charge in [-0.2, -0.15) is 5.10 Å². The zero-order valence-electron chi connectivity index (χ0n) is 16.4.